The van der Waals surface area contributed by atoms with Gasteiger partial charge in [-0.3, -0.25) is 0 Å². The molecule has 1 aliphatic rings. The number of fused-ring (bicyclic) bond motifs is 1. The Bertz CT molecular complexity index is 1180. The van der Waals surface area contributed by atoms with Crippen molar-refractivity contribution in [2.45, 2.75) is 12.8 Å². The summed E-state index contributed by atoms with van der Waals surface area (Å²) < 4.78 is 34.5. The van der Waals surface area contributed by atoms with Gasteiger partial charge in [0.1, 0.15) is 11.6 Å². The highest BCUT2D eigenvalue weighted by Crippen LogP contribution is 2.44. The van der Waals surface area contributed by atoms with Crippen LogP contribution in [-0.4, -0.2) is 9.78 Å². The van der Waals surface area contributed by atoms with Crippen LogP contribution in [0.3, 0.4) is 0 Å². The molecular weight excluding hydrogens is 386 g/mol. The second-order valence-electron chi connectivity index (χ2n) is 6.29. The van der Waals surface area contributed by atoms with E-state index in [0.717, 1.165) is 12.1 Å². The number of rotatable bonds is 2. The summed E-state index contributed by atoms with van der Waals surface area (Å²) in [5, 5.41) is 14.6. The molecule has 2 N–H and O–H groups in total. The van der Waals surface area contributed by atoms with Crippen molar-refractivity contribution < 1.29 is 13.5 Å². The van der Waals surface area contributed by atoms with Crippen LogP contribution in [0.4, 0.5) is 8.78 Å². The second kappa shape index (κ2) is 6.66. The third kappa shape index (κ3) is 2.79. The fourth-order valence-corrected chi connectivity index (χ4v) is 3.51. The number of ether oxygens (including phenoxy) is 1. The van der Waals surface area contributed by atoms with Gasteiger partial charge in [-0.05, 0) is 42.8 Å². The Labute approximate surface area is 164 Å². The van der Waals surface area contributed by atoms with Crippen LogP contribution < -0.4 is 10.5 Å². The quantitative estimate of drug-likeness (QED) is 0.697. The van der Waals surface area contributed by atoms with Crippen molar-refractivity contribution in [2.24, 2.45) is 5.73 Å². The van der Waals surface area contributed by atoms with Crippen LogP contribution in [0.25, 0.3) is 5.69 Å². The monoisotopic (exact) mass is 398 g/mol. The van der Waals surface area contributed by atoms with Gasteiger partial charge in [0, 0.05) is 5.02 Å². The molecule has 2 heterocycles. The van der Waals surface area contributed by atoms with Crippen molar-refractivity contribution in [3.05, 3.63) is 87.4 Å². The van der Waals surface area contributed by atoms with Crippen molar-refractivity contribution in [3.8, 4) is 17.6 Å². The van der Waals surface area contributed by atoms with E-state index in [2.05, 4.69) is 5.10 Å². The highest BCUT2D eigenvalue weighted by atomic mass is 35.5. The summed E-state index contributed by atoms with van der Waals surface area (Å²) in [6, 6.07) is 12.5. The summed E-state index contributed by atoms with van der Waals surface area (Å²) in [6.07, 6.45) is 0. The lowest BCUT2D eigenvalue weighted by Gasteiger charge is -2.25. The maximum atomic E-state index is 13.9. The van der Waals surface area contributed by atoms with Gasteiger partial charge in [-0.2, -0.15) is 10.4 Å². The molecule has 0 spiro atoms. The van der Waals surface area contributed by atoms with Gasteiger partial charge in [0.25, 0.3) is 0 Å². The summed E-state index contributed by atoms with van der Waals surface area (Å²) >= 11 is 6.08. The smallest absolute Gasteiger partial charge is 0.229 e. The van der Waals surface area contributed by atoms with Crippen molar-refractivity contribution in [2.75, 3.05) is 0 Å². The van der Waals surface area contributed by atoms with Gasteiger partial charge in [0.2, 0.25) is 11.8 Å². The lowest BCUT2D eigenvalue weighted by atomic mass is 9.84. The summed E-state index contributed by atoms with van der Waals surface area (Å²) in [7, 11) is 0. The number of nitrogens with two attached hydrogens (primary N) is 1. The molecule has 8 heteroatoms. The first-order valence-corrected chi connectivity index (χ1v) is 8.66. The predicted octanol–water partition coefficient (Wildman–Crippen LogP) is 4.33. The Hall–Kier alpha value is -3.37. The summed E-state index contributed by atoms with van der Waals surface area (Å²) in [5.74, 6) is -2.55. The van der Waals surface area contributed by atoms with Crippen LogP contribution in [-0.2, 0) is 0 Å². The van der Waals surface area contributed by atoms with Crippen LogP contribution in [0.5, 0.6) is 5.88 Å². The van der Waals surface area contributed by atoms with Gasteiger partial charge in [-0.1, -0.05) is 23.7 Å². The number of aryl methyl sites for hydroxylation is 1. The second-order valence-corrected chi connectivity index (χ2v) is 6.73. The van der Waals surface area contributed by atoms with E-state index >= 15 is 0 Å². The van der Waals surface area contributed by atoms with Crippen molar-refractivity contribution in [1.29, 1.82) is 5.26 Å². The predicted molar refractivity (Wildman–Crippen MR) is 99.0 cm³/mol. The van der Waals surface area contributed by atoms with Crippen molar-refractivity contribution >= 4 is 11.6 Å². The first-order chi connectivity index (χ1) is 13.4. The highest BCUT2D eigenvalue weighted by molar-refractivity contribution is 6.30. The maximum Gasteiger partial charge on any atom is 0.229 e. The van der Waals surface area contributed by atoms with E-state index in [1.165, 1.54) is 10.7 Å². The molecule has 3 aromatic rings. The zero-order chi connectivity index (χ0) is 20.0. The number of benzene rings is 2. The van der Waals surface area contributed by atoms with E-state index in [4.69, 9.17) is 22.1 Å². The van der Waals surface area contributed by atoms with Gasteiger partial charge in [-0.15, -0.1) is 0 Å². The van der Waals surface area contributed by atoms with E-state index in [1.807, 2.05) is 6.07 Å². The molecule has 4 rings (SSSR count). The molecule has 2 aromatic carbocycles. The molecule has 0 saturated heterocycles. The van der Waals surface area contributed by atoms with Gasteiger partial charge in [0.05, 0.1) is 22.9 Å². The van der Waals surface area contributed by atoms with Crippen molar-refractivity contribution in [1.82, 2.24) is 9.78 Å². The molecule has 0 radical (unpaired) electrons. The summed E-state index contributed by atoms with van der Waals surface area (Å²) in [6.45, 7) is 1.74. The fraction of sp³-hybridized carbons (Fsp3) is 0.100. The molecular formula is C20H13ClF2N4O. The van der Waals surface area contributed by atoms with Gasteiger partial charge < -0.3 is 10.5 Å². The summed E-state index contributed by atoms with van der Waals surface area (Å²) in [4.78, 5) is 0. The SMILES string of the molecule is Cc1nn(-c2cccc(Cl)c2)c2c1C(c1ccc(F)c(F)c1)C(C#N)=C(N)O2. The van der Waals surface area contributed by atoms with Gasteiger partial charge in [0.15, 0.2) is 11.6 Å². The normalized spacial score (nSPS) is 15.8. The highest BCUT2D eigenvalue weighted by Gasteiger charge is 2.36. The Kier molecular flexibility index (Phi) is 4.28. The summed E-state index contributed by atoms with van der Waals surface area (Å²) in [5.41, 5.74) is 8.21. The van der Waals surface area contributed by atoms with E-state index in [9.17, 15) is 14.0 Å². The molecule has 0 saturated carbocycles. The van der Waals surface area contributed by atoms with Crippen LogP contribution >= 0.6 is 11.6 Å². The van der Waals surface area contributed by atoms with E-state index in [-0.39, 0.29) is 11.5 Å². The average Bonchev–Trinajstić information content (AvgIpc) is 2.99. The van der Waals surface area contributed by atoms with Crippen LogP contribution in [0.1, 0.15) is 22.7 Å². The number of nitrogens with zero attached hydrogens (tertiary/aromatic N) is 3. The van der Waals surface area contributed by atoms with Crippen molar-refractivity contribution in [3.63, 3.8) is 0 Å². The molecule has 0 amide bonds. The molecule has 5 nitrogen and oxygen atoms in total. The molecule has 140 valence electrons. The Balaban J connectivity index is 1.96. The minimum atomic E-state index is -1.01. The van der Waals surface area contributed by atoms with Crippen LogP contribution in [0, 0.1) is 29.9 Å². The van der Waals surface area contributed by atoms with E-state index in [1.54, 1.807) is 31.2 Å². The Morgan fingerprint density at radius 1 is 1.21 bits per heavy atom. The maximum absolute atomic E-state index is 13.9. The minimum absolute atomic E-state index is 0.104. The lowest BCUT2D eigenvalue weighted by molar-refractivity contribution is 0.367. The van der Waals surface area contributed by atoms with Gasteiger partial charge in [-0.25, -0.2) is 13.5 Å². The zero-order valence-electron chi connectivity index (χ0n) is 14.6. The van der Waals surface area contributed by atoms with E-state index in [0.29, 0.717) is 33.4 Å². The number of nitriles is 1. The van der Waals surface area contributed by atoms with Gasteiger partial charge >= 0.3 is 0 Å². The van der Waals surface area contributed by atoms with E-state index < -0.39 is 17.6 Å². The topological polar surface area (TPSA) is 76.9 Å². The molecule has 0 bridgehead atoms. The number of hydrogen-bond acceptors (Lipinski definition) is 4. The molecule has 1 atom stereocenters. The Morgan fingerprint density at radius 2 is 2.00 bits per heavy atom. The molecule has 1 unspecified atom stereocenters. The molecule has 0 aliphatic carbocycles. The average molecular weight is 399 g/mol. The third-order valence-electron chi connectivity index (χ3n) is 4.56. The molecule has 28 heavy (non-hydrogen) atoms. The van der Waals surface area contributed by atoms with Crippen LogP contribution in [0.15, 0.2) is 53.9 Å². The van der Waals surface area contributed by atoms with Crippen LogP contribution in [0.2, 0.25) is 5.02 Å². The zero-order valence-corrected chi connectivity index (χ0v) is 15.3. The molecule has 1 aromatic heterocycles. The number of halogens is 3. The number of aromatic nitrogens is 2. The lowest BCUT2D eigenvalue weighted by Crippen LogP contribution is -2.22. The largest absolute Gasteiger partial charge is 0.422 e. The minimum Gasteiger partial charge on any atom is -0.422 e. The number of hydrogen-bond donors (Lipinski definition) is 1. The Morgan fingerprint density at radius 3 is 2.68 bits per heavy atom. The first kappa shape index (κ1) is 18.0. The standard InChI is InChI=1S/C20H13ClF2N4O/c1-10-17-18(11-5-6-15(22)16(23)7-11)14(9-24)19(25)28-20(17)27(26-10)13-4-2-3-12(21)8-13/h2-8,18H,25H2,1H3. The fourth-order valence-electron chi connectivity index (χ4n) is 3.32. The first-order valence-electron chi connectivity index (χ1n) is 8.28. The molecule has 1 aliphatic heterocycles. The molecule has 0 fully saturated rings. The number of allylic oxidation sites excluding steroid dienone is 1. The third-order valence-corrected chi connectivity index (χ3v) is 4.80.